The zero-order chi connectivity index (χ0) is 6.85. The molecule has 0 aliphatic carbocycles. The molecule has 0 fully saturated rings. The summed E-state index contributed by atoms with van der Waals surface area (Å²) >= 11 is 0. The van der Waals surface area contributed by atoms with Crippen molar-refractivity contribution in [3.63, 3.8) is 0 Å². The van der Waals surface area contributed by atoms with E-state index in [0.717, 1.165) is 16.7 Å². The second kappa shape index (κ2) is 2.22. The number of hydrogen-bond acceptors (Lipinski definition) is 0. The van der Waals surface area contributed by atoms with Crippen LogP contribution in [0.3, 0.4) is 0 Å². The van der Waals surface area contributed by atoms with E-state index < -0.39 is 0 Å². The Hall–Kier alpha value is -0.780. The summed E-state index contributed by atoms with van der Waals surface area (Å²) in [4.78, 5) is 0. The summed E-state index contributed by atoms with van der Waals surface area (Å²) < 4.78 is 0. The molecule has 0 saturated carbocycles. The molecule has 0 amide bonds. The summed E-state index contributed by atoms with van der Waals surface area (Å²) in [6, 6.07) is 5.77. The van der Waals surface area contributed by atoms with Crippen molar-refractivity contribution in [2.45, 2.75) is 0 Å². The van der Waals surface area contributed by atoms with E-state index >= 15 is 0 Å². The van der Waals surface area contributed by atoms with Crippen LogP contribution in [0.2, 0.25) is 0 Å². The Morgan fingerprint density at radius 2 is 1.56 bits per heavy atom. The second-order valence-corrected chi connectivity index (χ2v) is 2.10. The minimum atomic E-state index is 0.961. The maximum Gasteiger partial charge on any atom is -0.0235 e. The number of benzene rings is 1. The van der Waals surface area contributed by atoms with Crippen LogP contribution < -0.4 is 0 Å². The second-order valence-electron chi connectivity index (χ2n) is 2.10. The molecule has 0 saturated heterocycles. The van der Waals surface area contributed by atoms with E-state index in [-0.39, 0.29) is 0 Å². The van der Waals surface area contributed by atoms with Crippen LogP contribution in [0.1, 0.15) is 16.7 Å². The lowest BCUT2D eigenvalue weighted by Gasteiger charge is -1.97. The molecule has 0 heteroatoms. The fourth-order valence-electron chi connectivity index (χ4n) is 0.679. The van der Waals surface area contributed by atoms with Crippen LogP contribution in [0, 0.1) is 20.8 Å². The van der Waals surface area contributed by atoms with Crippen molar-refractivity contribution in [1.82, 2.24) is 0 Å². The maximum absolute atomic E-state index is 3.78. The third-order valence-electron chi connectivity index (χ3n) is 1.27. The van der Waals surface area contributed by atoms with Crippen molar-refractivity contribution in [1.29, 1.82) is 0 Å². The van der Waals surface area contributed by atoms with Crippen LogP contribution >= 0.6 is 0 Å². The van der Waals surface area contributed by atoms with Crippen LogP contribution in [-0.4, -0.2) is 0 Å². The van der Waals surface area contributed by atoms with Gasteiger partial charge in [0.15, 0.2) is 0 Å². The molecule has 0 bridgehead atoms. The predicted octanol–water partition coefficient (Wildman–Crippen LogP) is 2.23. The van der Waals surface area contributed by atoms with Crippen LogP contribution in [-0.2, 0) is 0 Å². The minimum Gasteiger partial charge on any atom is -0.0587 e. The molecule has 0 atom stereocenters. The molecule has 45 valence electrons. The van der Waals surface area contributed by atoms with E-state index in [9.17, 15) is 0 Å². The molecule has 3 radical (unpaired) electrons. The van der Waals surface area contributed by atoms with E-state index in [1.165, 1.54) is 0 Å². The molecular weight excluding hydrogens is 108 g/mol. The minimum absolute atomic E-state index is 0.961. The zero-order valence-corrected chi connectivity index (χ0v) is 5.35. The van der Waals surface area contributed by atoms with Crippen molar-refractivity contribution in [2.24, 2.45) is 0 Å². The van der Waals surface area contributed by atoms with Gasteiger partial charge in [0.1, 0.15) is 0 Å². The van der Waals surface area contributed by atoms with Gasteiger partial charge in [0.2, 0.25) is 0 Å². The van der Waals surface area contributed by atoms with Crippen LogP contribution in [0.5, 0.6) is 0 Å². The van der Waals surface area contributed by atoms with Crippen molar-refractivity contribution in [3.8, 4) is 0 Å². The van der Waals surface area contributed by atoms with Gasteiger partial charge in [-0.05, 0) is 37.5 Å². The average molecular weight is 117 g/mol. The molecule has 0 aromatic heterocycles. The van der Waals surface area contributed by atoms with Gasteiger partial charge in [-0.3, -0.25) is 0 Å². The topological polar surface area (TPSA) is 0 Å². The molecule has 9 heavy (non-hydrogen) atoms. The summed E-state index contributed by atoms with van der Waals surface area (Å²) in [7, 11) is 0. The maximum atomic E-state index is 3.78. The summed E-state index contributed by atoms with van der Waals surface area (Å²) in [5.41, 5.74) is 2.93. The molecule has 0 aliphatic heterocycles. The highest BCUT2D eigenvalue weighted by Crippen LogP contribution is 2.07. The summed E-state index contributed by atoms with van der Waals surface area (Å²) in [5, 5.41) is 0. The standard InChI is InChI=1S/C9H9/c1-7-4-5-8(2)9(3)6-7/h4-6H,1-3H2. The van der Waals surface area contributed by atoms with Gasteiger partial charge in [-0.2, -0.15) is 0 Å². The summed E-state index contributed by atoms with van der Waals surface area (Å²) in [5.74, 6) is 0. The first-order chi connectivity index (χ1) is 4.20. The van der Waals surface area contributed by atoms with Crippen LogP contribution in [0.15, 0.2) is 18.2 Å². The number of hydrogen-bond donors (Lipinski definition) is 0. The van der Waals surface area contributed by atoms with Crippen molar-refractivity contribution < 1.29 is 0 Å². The van der Waals surface area contributed by atoms with E-state index in [1.54, 1.807) is 0 Å². The smallest absolute Gasteiger partial charge is 0.0235 e. The molecule has 0 heterocycles. The normalized spacial score (nSPS) is 9.67. The van der Waals surface area contributed by atoms with E-state index in [1.807, 2.05) is 18.2 Å². The zero-order valence-electron chi connectivity index (χ0n) is 5.35. The fourth-order valence-corrected chi connectivity index (χ4v) is 0.679. The molecule has 1 aromatic carbocycles. The first kappa shape index (κ1) is 6.34. The lowest BCUT2D eigenvalue weighted by Crippen LogP contribution is -1.79. The van der Waals surface area contributed by atoms with Crippen molar-refractivity contribution >= 4 is 0 Å². The Kier molecular flexibility index (Phi) is 1.56. The SMILES string of the molecule is [CH2]c1ccc([CH2])c([CH2])c1. The van der Waals surface area contributed by atoms with Crippen molar-refractivity contribution in [2.75, 3.05) is 0 Å². The summed E-state index contributed by atoms with van der Waals surface area (Å²) in [6.07, 6.45) is 0. The quantitative estimate of drug-likeness (QED) is 0.489. The highest BCUT2D eigenvalue weighted by Gasteiger charge is 1.89. The third-order valence-corrected chi connectivity index (χ3v) is 1.27. The van der Waals surface area contributed by atoms with Crippen molar-refractivity contribution in [3.05, 3.63) is 55.7 Å². The largest absolute Gasteiger partial charge is 0.0587 e. The third kappa shape index (κ3) is 1.32. The van der Waals surface area contributed by atoms with Gasteiger partial charge in [0, 0.05) is 0 Å². The van der Waals surface area contributed by atoms with Gasteiger partial charge in [-0.1, -0.05) is 18.2 Å². The Balaban J connectivity index is 3.17. The number of rotatable bonds is 0. The van der Waals surface area contributed by atoms with Gasteiger partial charge in [-0.25, -0.2) is 0 Å². The van der Waals surface area contributed by atoms with E-state index in [2.05, 4.69) is 20.8 Å². The average Bonchev–Trinajstić information content (AvgIpc) is 1.80. The van der Waals surface area contributed by atoms with Crippen LogP contribution in [0.4, 0.5) is 0 Å². The van der Waals surface area contributed by atoms with Gasteiger partial charge in [0.05, 0.1) is 0 Å². The van der Waals surface area contributed by atoms with Gasteiger partial charge in [-0.15, -0.1) is 0 Å². The first-order valence-electron chi connectivity index (χ1n) is 2.80. The lowest BCUT2D eigenvalue weighted by molar-refractivity contribution is 1.49. The Bertz CT molecular complexity index is 211. The molecule has 0 unspecified atom stereocenters. The Morgan fingerprint density at radius 1 is 0.889 bits per heavy atom. The molecule has 0 aliphatic rings. The summed E-state index contributed by atoms with van der Waals surface area (Å²) in [6.45, 7) is 11.3. The highest BCUT2D eigenvalue weighted by atomic mass is 13.9. The van der Waals surface area contributed by atoms with Gasteiger partial charge >= 0.3 is 0 Å². The van der Waals surface area contributed by atoms with Gasteiger partial charge in [0.25, 0.3) is 0 Å². The molecule has 1 rings (SSSR count). The molecule has 0 spiro atoms. The Labute approximate surface area is 56.5 Å². The Morgan fingerprint density at radius 3 is 2.00 bits per heavy atom. The lowest BCUT2D eigenvalue weighted by atomic mass is 10.1. The van der Waals surface area contributed by atoms with Crippen LogP contribution in [0.25, 0.3) is 0 Å². The van der Waals surface area contributed by atoms with E-state index in [4.69, 9.17) is 0 Å². The highest BCUT2D eigenvalue weighted by molar-refractivity contribution is 5.36. The monoisotopic (exact) mass is 117 g/mol. The molecule has 0 N–H and O–H groups in total. The molecular formula is C9H9. The fraction of sp³-hybridized carbons (Fsp3) is 0. The van der Waals surface area contributed by atoms with Gasteiger partial charge < -0.3 is 0 Å². The molecule has 0 nitrogen and oxygen atoms in total. The predicted molar refractivity (Wildman–Crippen MR) is 39.8 cm³/mol. The first-order valence-corrected chi connectivity index (χ1v) is 2.80. The van der Waals surface area contributed by atoms with E-state index in [0.29, 0.717) is 0 Å². The molecule has 1 aromatic rings.